The summed E-state index contributed by atoms with van der Waals surface area (Å²) >= 11 is 0. The van der Waals surface area contributed by atoms with Crippen LogP contribution in [0.2, 0.25) is 0 Å². The fourth-order valence-electron chi connectivity index (χ4n) is 4.89. The van der Waals surface area contributed by atoms with Gasteiger partial charge in [0.25, 0.3) is 0 Å². The van der Waals surface area contributed by atoms with E-state index >= 15 is 0 Å². The maximum absolute atomic E-state index is 14.3. The fraction of sp³-hybridized carbons (Fsp3) is 0.552. The van der Waals surface area contributed by atoms with Crippen LogP contribution in [-0.2, 0) is 13.0 Å². The van der Waals surface area contributed by atoms with Crippen LogP contribution in [0.15, 0.2) is 54.6 Å². The highest BCUT2D eigenvalue weighted by Crippen LogP contribution is 2.37. The van der Waals surface area contributed by atoms with Crippen LogP contribution in [0.25, 0.3) is 0 Å². The molecule has 0 radical (unpaired) electrons. The molecular formula is C29H40F2N2. The van der Waals surface area contributed by atoms with Crippen LogP contribution in [0.4, 0.5) is 8.78 Å². The number of halogens is 2. The highest BCUT2D eigenvalue weighted by atomic mass is 19.1. The van der Waals surface area contributed by atoms with E-state index in [4.69, 9.17) is 5.26 Å². The molecular weight excluding hydrogens is 414 g/mol. The Kier molecular flexibility index (Phi) is 12.1. The predicted octanol–water partition coefficient (Wildman–Crippen LogP) is 7.78. The Morgan fingerprint density at radius 2 is 1.58 bits per heavy atom. The number of rotatable bonds is 10. The molecule has 1 aliphatic carbocycles. The predicted molar refractivity (Wildman–Crippen MR) is 134 cm³/mol. The molecule has 0 heterocycles. The van der Waals surface area contributed by atoms with Crippen molar-refractivity contribution in [2.24, 2.45) is 0 Å². The Morgan fingerprint density at radius 3 is 2.12 bits per heavy atom. The lowest BCUT2D eigenvalue weighted by Crippen LogP contribution is -2.35. The van der Waals surface area contributed by atoms with Gasteiger partial charge in [-0.15, -0.1) is 0 Å². The van der Waals surface area contributed by atoms with Crippen LogP contribution in [-0.4, -0.2) is 29.8 Å². The molecule has 3 atom stereocenters. The van der Waals surface area contributed by atoms with Gasteiger partial charge >= 0.3 is 0 Å². The van der Waals surface area contributed by atoms with Gasteiger partial charge < -0.3 is 0 Å². The summed E-state index contributed by atoms with van der Waals surface area (Å²) in [5.41, 5.74) is 3.44. The second-order valence-electron chi connectivity index (χ2n) is 9.01. The maximum atomic E-state index is 14.3. The quantitative estimate of drug-likeness (QED) is 0.366. The molecule has 2 aromatic carbocycles. The lowest BCUT2D eigenvalue weighted by atomic mass is 9.81. The van der Waals surface area contributed by atoms with Crippen molar-refractivity contribution >= 4 is 0 Å². The molecule has 0 aromatic heterocycles. The second kappa shape index (κ2) is 14.8. The van der Waals surface area contributed by atoms with Gasteiger partial charge in [0.2, 0.25) is 0 Å². The molecule has 180 valence electrons. The van der Waals surface area contributed by atoms with Gasteiger partial charge in [-0.05, 0) is 68.2 Å². The summed E-state index contributed by atoms with van der Waals surface area (Å²) in [7, 11) is 0. The van der Waals surface area contributed by atoms with Gasteiger partial charge in [0.1, 0.15) is 12.3 Å². The number of hydrogen-bond donors (Lipinski definition) is 0. The molecule has 0 aliphatic heterocycles. The van der Waals surface area contributed by atoms with Gasteiger partial charge in [-0.25, -0.2) is 8.78 Å². The van der Waals surface area contributed by atoms with Crippen molar-refractivity contribution in [2.45, 2.75) is 96.6 Å². The zero-order valence-electron chi connectivity index (χ0n) is 20.5. The first-order valence-electron chi connectivity index (χ1n) is 12.5. The van der Waals surface area contributed by atoms with Crippen molar-refractivity contribution in [3.63, 3.8) is 0 Å². The first kappa shape index (κ1) is 27.0. The Hall–Kier alpha value is -2.25. The average Bonchev–Trinajstić information content (AvgIpc) is 2.81. The zero-order chi connectivity index (χ0) is 24.1. The van der Waals surface area contributed by atoms with Crippen molar-refractivity contribution in [1.82, 2.24) is 4.90 Å². The molecule has 0 N–H and O–H groups in total. The first-order valence-corrected chi connectivity index (χ1v) is 12.5. The average molecular weight is 455 g/mol. The molecule has 1 aliphatic rings. The topological polar surface area (TPSA) is 27.0 Å². The standard InChI is InChI=1S/C27H37F2N.C2H3N/c1-3-19-30(20-22-9-6-5-7-10-22)24(4-2)18-15-21-13-16-23(17-14-21)27-25(28)11-8-12-26(27)29;1-2-3/h5-7,9-10,13-14,16-17,24-27H,3-4,8,11-12,15,18-20H2,1-2H3;1H3. The molecule has 2 nitrogen and oxygen atoms in total. The normalized spacial score (nSPS) is 21.1. The largest absolute Gasteiger partial charge is 0.296 e. The first-order chi connectivity index (χ1) is 16.0. The second-order valence-corrected chi connectivity index (χ2v) is 9.01. The minimum Gasteiger partial charge on any atom is -0.296 e. The van der Waals surface area contributed by atoms with E-state index < -0.39 is 18.3 Å². The molecule has 3 rings (SSSR count). The molecule has 2 aromatic rings. The van der Waals surface area contributed by atoms with Crippen molar-refractivity contribution in [3.8, 4) is 6.07 Å². The molecule has 1 saturated carbocycles. The van der Waals surface area contributed by atoms with Crippen molar-refractivity contribution in [1.29, 1.82) is 5.26 Å². The Labute approximate surface area is 199 Å². The Balaban J connectivity index is 0.00000122. The molecule has 3 unspecified atom stereocenters. The molecule has 0 saturated heterocycles. The van der Waals surface area contributed by atoms with Gasteiger partial charge in [0.05, 0.1) is 6.07 Å². The summed E-state index contributed by atoms with van der Waals surface area (Å²) in [4.78, 5) is 2.60. The van der Waals surface area contributed by atoms with Crippen LogP contribution < -0.4 is 0 Å². The molecule has 4 heteroatoms. The highest BCUT2D eigenvalue weighted by Gasteiger charge is 2.34. The number of hydrogen-bond acceptors (Lipinski definition) is 2. The van der Waals surface area contributed by atoms with Crippen molar-refractivity contribution in [3.05, 3.63) is 71.3 Å². The number of nitrogens with zero attached hydrogens (tertiary/aromatic N) is 2. The maximum Gasteiger partial charge on any atom is 0.110 e. The van der Waals surface area contributed by atoms with Crippen LogP contribution >= 0.6 is 0 Å². The van der Waals surface area contributed by atoms with Gasteiger partial charge in [0, 0.05) is 25.4 Å². The third kappa shape index (κ3) is 8.55. The molecule has 1 fully saturated rings. The minimum atomic E-state index is -1.05. The van der Waals surface area contributed by atoms with E-state index in [-0.39, 0.29) is 0 Å². The lowest BCUT2D eigenvalue weighted by Gasteiger charge is -2.31. The summed E-state index contributed by atoms with van der Waals surface area (Å²) in [6.45, 7) is 8.03. The molecule has 0 amide bonds. The smallest absolute Gasteiger partial charge is 0.110 e. The van der Waals surface area contributed by atoms with Crippen molar-refractivity contribution in [2.75, 3.05) is 6.54 Å². The third-order valence-corrected chi connectivity index (χ3v) is 6.60. The van der Waals surface area contributed by atoms with Crippen LogP contribution in [0.1, 0.15) is 81.9 Å². The Morgan fingerprint density at radius 1 is 0.970 bits per heavy atom. The van der Waals surface area contributed by atoms with Crippen LogP contribution in [0.5, 0.6) is 0 Å². The fourth-order valence-corrected chi connectivity index (χ4v) is 4.89. The summed E-state index contributed by atoms with van der Waals surface area (Å²) in [5.74, 6) is -0.581. The number of aryl methyl sites for hydroxylation is 1. The number of nitriles is 1. The monoisotopic (exact) mass is 454 g/mol. The minimum absolute atomic E-state index is 0.486. The van der Waals surface area contributed by atoms with Gasteiger partial charge in [0.15, 0.2) is 0 Å². The van der Waals surface area contributed by atoms with E-state index in [0.717, 1.165) is 44.3 Å². The summed E-state index contributed by atoms with van der Waals surface area (Å²) in [6.07, 6.45) is 3.90. The summed E-state index contributed by atoms with van der Waals surface area (Å²) < 4.78 is 28.6. The molecule has 0 bridgehead atoms. The van der Waals surface area contributed by atoms with Crippen LogP contribution in [0, 0.1) is 11.3 Å². The van der Waals surface area contributed by atoms with E-state index in [1.54, 1.807) is 6.07 Å². The van der Waals surface area contributed by atoms with E-state index in [9.17, 15) is 8.78 Å². The number of benzene rings is 2. The summed E-state index contributed by atoms with van der Waals surface area (Å²) in [5, 5.41) is 7.32. The lowest BCUT2D eigenvalue weighted by molar-refractivity contribution is 0.124. The Bertz CT molecular complexity index is 806. The zero-order valence-corrected chi connectivity index (χ0v) is 20.5. The molecule has 0 spiro atoms. The molecule has 33 heavy (non-hydrogen) atoms. The van der Waals surface area contributed by atoms with E-state index in [1.165, 1.54) is 18.1 Å². The van der Waals surface area contributed by atoms with E-state index in [1.807, 2.05) is 12.1 Å². The summed E-state index contributed by atoms with van der Waals surface area (Å²) in [6, 6.07) is 21.1. The number of alkyl halides is 2. The third-order valence-electron chi connectivity index (χ3n) is 6.60. The van der Waals surface area contributed by atoms with E-state index in [2.05, 4.69) is 61.2 Å². The van der Waals surface area contributed by atoms with Gasteiger partial charge in [-0.3, -0.25) is 4.90 Å². The van der Waals surface area contributed by atoms with Crippen LogP contribution in [0.3, 0.4) is 0 Å². The van der Waals surface area contributed by atoms with Gasteiger partial charge in [-0.2, -0.15) is 5.26 Å². The van der Waals surface area contributed by atoms with Crippen molar-refractivity contribution < 1.29 is 8.78 Å². The van der Waals surface area contributed by atoms with E-state index in [0.29, 0.717) is 25.3 Å². The highest BCUT2D eigenvalue weighted by molar-refractivity contribution is 5.28. The van der Waals surface area contributed by atoms with Gasteiger partial charge in [-0.1, -0.05) is 68.4 Å². The SMILES string of the molecule is CC#N.CCCN(Cc1ccccc1)C(CC)CCc1ccc(C2C(F)CCCC2F)cc1.